The van der Waals surface area contributed by atoms with Gasteiger partial charge in [0.15, 0.2) is 0 Å². The summed E-state index contributed by atoms with van der Waals surface area (Å²) in [5.74, 6) is -1.05. The van der Waals surface area contributed by atoms with E-state index in [1.54, 1.807) is 0 Å². The molecular weight excluding hydrogens is 244 g/mol. The Morgan fingerprint density at radius 3 is 1.47 bits per heavy atom. The summed E-state index contributed by atoms with van der Waals surface area (Å²) >= 11 is 0. The predicted octanol–water partition coefficient (Wildman–Crippen LogP) is 0.178. The van der Waals surface area contributed by atoms with E-state index in [1.165, 1.54) is 0 Å². The van der Waals surface area contributed by atoms with Gasteiger partial charge < -0.3 is 0 Å². The van der Waals surface area contributed by atoms with Crippen LogP contribution in [-0.2, 0) is 20.2 Å². The summed E-state index contributed by atoms with van der Waals surface area (Å²) in [6, 6.07) is 0. The molecule has 0 aliphatic heterocycles. The van der Waals surface area contributed by atoms with E-state index in [2.05, 4.69) is 0 Å². The van der Waals surface area contributed by atoms with Gasteiger partial charge in [-0.1, -0.05) is 0 Å². The van der Waals surface area contributed by atoms with Crippen LogP contribution in [-0.4, -0.2) is 37.4 Å². The summed E-state index contributed by atoms with van der Waals surface area (Å²) in [5, 5.41) is 0. The molecule has 6 nitrogen and oxygen atoms in total. The van der Waals surface area contributed by atoms with Crippen LogP contribution in [0.25, 0.3) is 0 Å². The maximum atomic E-state index is 10.6. The van der Waals surface area contributed by atoms with Crippen LogP contribution in [0.15, 0.2) is 0 Å². The molecule has 8 heteroatoms. The minimum atomic E-state index is -3.99. The van der Waals surface area contributed by atoms with E-state index >= 15 is 0 Å². The zero-order chi connectivity index (χ0) is 11.7. The molecule has 1 aliphatic rings. The SMILES string of the molecule is O=S(=O)(O)CC1CCC(CS(=O)(=O)O)C1. The molecule has 90 valence electrons. The first kappa shape index (κ1) is 12.9. The van der Waals surface area contributed by atoms with Gasteiger partial charge in [-0.25, -0.2) is 0 Å². The van der Waals surface area contributed by atoms with E-state index in [0.29, 0.717) is 19.3 Å². The van der Waals surface area contributed by atoms with Crippen LogP contribution in [0.2, 0.25) is 0 Å². The third-order valence-electron chi connectivity index (χ3n) is 2.54. The molecule has 0 radical (unpaired) electrons. The molecule has 1 rings (SSSR count). The van der Waals surface area contributed by atoms with E-state index in [0.717, 1.165) is 0 Å². The maximum absolute atomic E-state index is 10.6. The minimum absolute atomic E-state index is 0.202. The Morgan fingerprint density at radius 2 is 1.20 bits per heavy atom. The molecule has 0 saturated heterocycles. The van der Waals surface area contributed by atoms with Crippen molar-refractivity contribution in [2.75, 3.05) is 11.5 Å². The fourth-order valence-electron chi connectivity index (χ4n) is 2.08. The van der Waals surface area contributed by atoms with E-state index in [4.69, 9.17) is 9.11 Å². The number of hydrogen-bond donors (Lipinski definition) is 2. The topological polar surface area (TPSA) is 109 Å². The second kappa shape index (κ2) is 4.36. The first-order valence-corrected chi connectivity index (χ1v) is 7.78. The van der Waals surface area contributed by atoms with Gasteiger partial charge in [-0.3, -0.25) is 9.11 Å². The van der Waals surface area contributed by atoms with Crippen LogP contribution in [0, 0.1) is 11.8 Å². The number of rotatable bonds is 4. The summed E-state index contributed by atoms with van der Waals surface area (Å²) in [4.78, 5) is 0. The zero-order valence-electron chi connectivity index (χ0n) is 8.03. The molecule has 0 amide bonds. The van der Waals surface area contributed by atoms with Crippen molar-refractivity contribution in [2.24, 2.45) is 11.8 Å². The van der Waals surface area contributed by atoms with Crippen molar-refractivity contribution in [3.8, 4) is 0 Å². The van der Waals surface area contributed by atoms with Gasteiger partial charge in [-0.15, -0.1) is 0 Å². The fourth-order valence-corrected chi connectivity index (χ4v) is 3.87. The van der Waals surface area contributed by atoms with Crippen LogP contribution in [0.3, 0.4) is 0 Å². The van der Waals surface area contributed by atoms with Crippen LogP contribution < -0.4 is 0 Å². The van der Waals surface area contributed by atoms with Gasteiger partial charge in [0.05, 0.1) is 11.5 Å². The average Bonchev–Trinajstić information content (AvgIpc) is 2.28. The zero-order valence-corrected chi connectivity index (χ0v) is 9.67. The summed E-state index contributed by atoms with van der Waals surface area (Å²) < 4.78 is 59.5. The molecule has 2 atom stereocenters. The highest BCUT2D eigenvalue weighted by atomic mass is 32.2. The molecule has 0 bridgehead atoms. The summed E-state index contributed by atoms with van der Waals surface area (Å²) in [5.41, 5.74) is 0. The Balaban J connectivity index is 2.47. The third-order valence-corrected chi connectivity index (χ3v) is 4.33. The van der Waals surface area contributed by atoms with Gasteiger partial charge in [0.2, 0.25) is 0 Å². The lowest BCUT2D eigenvalue weighted by Crippen LogP contribution is -2.15. The van der Waals surface area contributed by atoms with Gasteiger partial charge in [-0.2, -0.15) is 16.8 Å². The predicted molar refractivity (Wildman–Crippen MR) is 53.7 cm³/mol. The molecule has 0 aromatic heterocycles. The quantitative estimate of drug-likeness (QED) is 0.696. The van der Waals surface area contributed by atoms with Gasteiger partial charge in [0, 0.05) is 0 Å². The van der Waals surface area contributed by atoms with Crippen LogP contribution in [0.5, 0.6) is 0 Å². The molecule has 1 saturated carbocycles. The Bertz CT molecular complexity index is 369. The van der Waals surface area contributed by atoms with Crippen molar-refractivity contribution in [3.63, 3.8) is 0 Å². The second-order valence-electron chi connectivity index (χ2n) is 4.04. The molecular formula is C7H14O6S2. The van der Waals surface area contributed by atoms with Gasteiger partial charge in [-0.05, 0) is 31.1 Å². The normalized spacial score (nSPS) is 28.1. The van der Waals surface area contributed by atoms with Gasteiger partial charge in [0.25, 0.3) is 20.2 Å². The molecule has 2 unspecified atom stereocenters. The molecule has 0 aromatic carbocycles. The Labute approximate surface area is 89.2 Å². The lowest BCUT2D eigenvalue weighted by molar-refractivity contribution is 0.454. The van der Waals surface area contributed by atoms with E-state index in [1.807, 2.05) is 0 Å². The standard InChI is InChI=1S/C7H14O6S2/c8-14(9,10)4-6-1-2-7(3-6)5-15(11,12)13/h6-7H,1-5H2,(H,8,9,10)(H,11,12,13). The summed E-state index contributed by atoms with van der Waals surface area (Å²) in [6.07, 6.45) is 1.56. The van der Waals surface area contributed by atoms with Crippen LogP contribution >= 0.6 is 0 Å². The fraction of sp³-hybridized carbons (Fsp3) is 1.00. The van der Waals surface area contributed by atoms with Crippen LogP contribution in [0.4, 0.5) is 0 Å². The third kappa shape index (κ3) is 5.45. The second-order valence-corrected chi connectivity index (χ2v) is 7.04. The first-order valence-electron chi connectivity index (χ1n) is 4.56. The van der Waals surface area contributed by atoms with Crippen molar-refractivity contribution >= 4 is 20.2 Å². The van der Waals surface area contributed by atoms with E-state index < -0.39 is 20.2 Å². The largest absolute Gasteiger partial charge is 0.286 e. The minimum Gasteiger partial charge on any atom is -0.286 e. The molecule has 0 spiro atoms. The Hall–Kier alpha value is -0.180. The maximum Gasteiger partial charge on any atom is 0.265 e. The highest BCUT2D eigenvalue weighted by Gasteiger charge is 2.30. The molecule has 2 N–H and O–H groups in total. The number of hydrogen-bond acceptors (Lipinski definition) is 4. The average molecular weight is 258 g/mol. The molecule has 0 heterocycles. The summed E-state index contributed by atoms with van der Waals surface area (Å²) in [7, 11) is -7.97. The molecule has 15 heavy (non-hydrogen) atoms. The smallest absolute Gasteiger partial charge is 0.265 e. The Morgan fingerprint density at radius 1 is 0.867 bits per heavy atom. The molecule has 0 aromatic rings. The molecule has 1 aliphatic carbocycles. The van der Waals surface area contributed by atoms with E-state index in [9.17, 15) is 16.8 Å². The first-order chi connectivity index (χ1) is 6.66. The van der Waals surface area contributed by atoms with Gasteiger partial charge >= 0.3 is 0 Å². The lowest BCUT2D eigenvalue weighted by Gasteiger charge is -2.08. The Kier molecular flexibility index (Phi) is 3.75. The van der Waals surface area contributed by atoms with Crippen molar-refractivity contribution in [1.29, 1.82) is 0 Å². The van der Waals surface area contributed by atoms with Crippen molar-refractivity contribution in [1.82, 2.24) is 0 Å². The highest BCUT2D eigenvalue weighted by Crippen LogP contribution is 2.32. The highest BCUT2D eigenvalue weighted by molar-refractivity contribution is 7.86. The molecule has 1 fully saturated rings. The van der Waals surface area contributed by atoms with Crippen molar-refractivity contribution in [3.05, 3.63) is 0 Å². The van der Waals surface area contributed by atoms with E-state index in [-0.39, 0.29) is 23.3 Å². The van der Waals surface area contributed by atoms with Crippen LogP contribution in [0.1, 0.15) is 19.3 Å². The van der Waals surface area contributed by atoms with Gasteiger partial charge in [0.1, 0.15) is 0 Å². The van der Waals surface area contributed by atoms with Crippen molar-refractivity contribution < 1.29 is 25.9 Å². The van der Waals surface area contributed by atoms with Crippen molar-refractivity contribution in [2.45, 2.75) is 19.3 Å². The lowest BCUT2D eigenvalue weighted by atomic mass is 10.1. The monoisotopic (exact) mass is 258 g/mol. The summed E-state index contributed by atoms with van der Waals surface area (Å²) in [6.45, 7) is 0.